The number of ether oxygens (including phenoxy) is 2. The molecule has 0 spiro atoms. The van der Waals surface area contributed by atoms with Gasteiger partial charge in [-0.1, -0.05) is 133 Å². The van der Waals surface area contributed by atoms with E-state index in [1.54, 1.807) is 19.3 Å². The second kappa shape index (κ2) is 32.9. The van der Waals surface area contributed by atoms with Gasteiger partial charge in [0.15, 0.2) is 0 Å². The molecule has 61 heavy (non-hydrogen) atoms. The highest BCUT2D eigenvalue weighted by molar-refractivity contribution is 7.99. The van der Waals surface area contributed by atoms with E-state index in [1.807, 2.05) is 45.4 Å². The minimum absolute atomic E-state index is 0.0435. The third kappa shape index (κ3) is 28.0. The van der Waals surface area contributed by atoms with Crippen molar-refractivity contribution in [2.45, 2.75) is 154 Å². The number of phosphoric ester groups is 1. The number of hydrogen-bond acceptors (Lipinski definition) is 10. The first-order valence-corrected chi connectivity index (χ1v) is 25.9. The number of rotatable bonds is 38. The van der Waals surface area contributed by atoms with E-state index in [1.165, 1.54) is 88.8 Å². The molecule has 0 radical (unpaired) electrons. The van der Waals surface area contributed by atoms with Crippen molar-refractivity contribution in [1.29, 1.82) is 0 Å². The third-order valence-electron chi connectivity index (χ3n) is 11.1. The number of unbranched alkanes of at least 4 members (excludes halogenated alkanes) is 14. The minimum Gasteiger partial charge on any atom is -0.392 e. The highest BCUT2D eigenvalue weighted by Gasteiger charge is 2.39. The summed E-state index contributed by atoms with van der Waals surface area (Å²) in [6, 6.07) is 7.26. The Morgan fingerprint density at radius 3 is 2.20 bits per heavy atom. The Hall–Kier alpha value is -1.64. The zero-order valence-electron chi connectivity index (χ0n) is 38.4. The number of carbonyl (C=O) groups excluding carboxylic acids is 2. The molecule has 2 unspecified atom stereocenters. The van der Waals surface area contributed by atoms with Crippen molar-refractivity contribution in [3.05, 3.63) is 47.5 Å². The predicted molar refractivity (Wildman–Crippen MR) is 247 cm³/mol. The summed E-state index contributed by atoms with van der Waals surface area (Å²) >= 11 is 1.48. The Morgan fingerprint density at radius 1 is 0.918 bits per heavy atom. The lowest BCUT2D eigenvalue weighted by molar-refractivity contribution is -0.870. The van der Waals surface area contributed by atoms with Crippen LogP contribution in [0.4, 0.5) is 0 Å². The fraction of sp³-hybridized carbons (Fsp3) is 0.787. The zero-order chi connectivity index (χ0) is 44.8. The van der Waals surface area contributed by atoms with E-state index in [4.69, 9.17) is 18.5 Å². The second-order valence-electron chi connectivity index (χ2n) is 17.9. The number of aliphatic hydroxyl groups is 2. The maximum Gasteiger partial charge on any atom is 0.472 e. The summed E-state index contributed by atoms with van der Waals surface area (Å²) in [5.41, 5.74) is 2.02. The van der Waals surface area contributed by atoms with E-state index >= 15 is 0 Å². The minimum atomic E-state index is -4.32. The van der Waals surface area contributed by atoms with Crippen LogP contribution in [0.25, 0.3) is 0 Å². The van der Waals surface area contributed by atoms with Gasteiger partial charge in [0.1, 0.15) is 18.9 Å². The number of quaternary nitrogens is 1. The van der Waals surface area contributed by atoms with Crippen LogP contribution in [-0.4, -0.2) is 122 Å². The monoisotopic (exact) mass is 900 g/mol. The van der Waals surface area contributed by atoms with E-state index in [-0.39, 0.29) is 55.5 Å². The average molecular weight is 900 g/mol. The summed E-state index contributed by atoms with van der Waals surface area (Å²) in [7, 11) is 3.21. The van der Waals surface area contributed by atoms with Crippen molar-refractivity contribution in [3.63, 3.8) is 0 Å². The summed E-state index contributed by atoms with van der Waals surface area (Å²) in [4.78, 5) is 36.0. The molecule has 1 amide bonds. The van der Waals surface area contributed by atoms with Gasteiger partial charge in [-0.15, -0.1) is 0 Å². The van der Waals surface area contributed by atoms with Gasteiger partial charge in [-0.2, -0.15) is 11.8 Å². The molecular formula is C47H84N2O10PS+. The number of thioether (sulfide) groups is 1. The van der Waals surface area contributed by atoms with Crippen molar-refractivity contribution in [2.24, 2.45) is 11.8 Å². The van der Waals surface area contributed by atoms with Crippen LogP contribution in [0.15, 0.2) is 36.4 Å². The molecule has 2 rings (SSSR count). The van der Waals surface area contributed by atoms with Gasteiger partial charge >= 0.3 is 7.82 Å². The topological polar surface area (TPSA) is 161 Å². The van der Waals surface area contributed by atoms with Crippen molar-refractivity contribution in [1.82, 2.24) is 5.32 Å². The van der Waals surface area contributed by atoms with Crippen LogP contribution in [0.2, 0.25) is 0 Å². The van der Waals surface area contributed by atoms with E-state index in [2.05, 4.69) is 12.2 Å². The molecule has 0 aromatic heterocycles. The Kier molecular flexibility index (Phi) is 30.0. The highest BCUT2D eigenvalue weighted by atomic mass is 32.2. The molecule has 1 saturated carbocycles. The molecule has 1 aliphatic rings. The zero-order valence-corrected chi connectivity index (χ0v) is 40.2. The SMILES string of the molecule is CCCCCCCCCCCCCCCCOCC(COP(=O)(O)OCC[N+](C)(C)C)NC(=O)CSCCCC[C@H]1C(=O)C[C@@H](O)[C@@H]1/C=C/[C@@H](O)Cc1cccc(COC)c1. The maximum absolute atomic E-state index is 13.0. The highest BCUT2D eigenvalue weighted by Crippen LogP contribution is 2.43. The van der Waals surface area contributed by atoms with Crippen LogP contribution in [0, 0.1) is 11.8 Å². The Labute approximate surface area is 373 Å². The summed E-state index contributed by atoms with van der Waals surface area (Å²) in [6.07, 6.45) is 22.6. The molecule has 4 N–H and O–H groups in total. The van der Waals surface area contributed by atoms with Crippen molar-refractivity contribution in [3.8, 4) is 0 Å². The molecule has 6 atom stereocenters. The summed E-state index contributed by atoms with van der Waals surface area (Å²) < 4.78 is 34.8. The molecule has 14 heteroatoms. The van der Waals surface area contributed by atoms with E-state index in [9.17, 15) is 29.3 Å². The lowest BCUT2D eigenvalue weighted by Gasteiger charge is -2.24. The molecule has 1 aliphatic carbocycles. The lowest BCUT2D eigenvalue weighted by Crippen LogP contribution is -2.42. The predicted octanol–water partition coefficient (Wildman–Crippen LogP) is 8.58. The molecule has 12 nitrogen and oxygen atoms in total. The van der Waals surface area contributed by atoms with Gasteiger partial charge < -0.3 is 34.4 Å². The first-order chi connectivity index (χ1) is 29.2. The Balaban J connectivity index is 1.72. The third-order valence-corrected chi connectivity index (χ3v) is 13.1. The van der Waals surface area contributed by atoms with Gasteiger partial charge in [0, 0.05) is 38.4 Å². The number of nitrogens with one attached hydrogen (secondary N) is 1. The Bertz CT molecular complexity index is 1400. The molecule has 0 heterocycles. The first kappa shape index (κ1) is 55.5. The maximum atomic E-state index is 13.0. The van der Waals surface area contributed by atoms with Gasteiger partial charge in [-0.25, -0.2) is 4.57 Å². The average Bonchev–Trinajstić information content (AvgIpc) is 3.47. The van der Waals surface area contributed by atoms with Gasteiger partial charge in [0.25, 0.3) is 0 Å². The number of Topliss-reactive ketones (excluding diaryl/α,β-unsaturated/α-hetero) is 1. The molecule has 1 fully saturated rings. The fourth-order valence-electron chi connectivity index (χ4n) is 7.58. The number of ketones is 1. The molecule has 0 saturated heterocycles. The number of benzene rings is 1. The number of carbonyl (C=O) groups is 2. The van der Waals surface area contributed by atoms with Crippen LogP contribution in [0.1, 0.15) is 134 Å². The fourth-order valence-corrected chi connectivity index (χ4v) is 9.16. The van der Waals surface area contributed by atoms with Crippen LogP contribution >= 0.6 is 19.6 Å². The van der Waals surface area contributed by atoms with Crippen molar-refractivity contribution in [2.75, 3.05) is 72.7 Å². The molecular weight excluding hydrogens is 816 g/mol. The lowest BCUT2D eigenvalue weighted by atomic mass is 9.89. The largest absolute Gasteiger partial charge is 0.472 e. The summed E-state index contributed by atoms with van der Waals surface area (Å²) in [5.74, 6) is 0.0866. The molecule has 0 aliphatic heterocycles. The number of hydrogen-bond donors (Lipinski definition) is 4. The first-order valence-electron chi connectivity index (χ1n) is 23.2. The second-order valence-corrected chi connectivity index (χ2v) is 20.5. The van der Waals surface area contributed by atoms with E-state index < -0.39 is 26.1 Å². The van der Waals surface area contributed by atoms with Crippen molar-refractivity contribution < 1.29 is 52.3 Å². The summed E-state index contributed by atoms with van der Waals surface area (Å²) in [6.45, 7) is 3.82. The number of aliphatic hydroxyl groups excluding tert-OH is 2. The van der Waals surface area contributed by atoms with Crippen molar-refractivity contribution >= 4 is 31.3 Å². The van der Waals surface area contributed by atoms with E-state index in [0.717, 1.165) is 36.8 Å². The Morgan fingerprint density at radius 2 is 1.56 bits per heavy atom. The van der Waals surface area contributed by atoms with Crippen LogP contribution < -0.4 is 5.32 Å². The molecule has 1 aromatic rings. The smallest absolute Gasteiger partial charge is 0.392 e. The number of methoxy groups -OCH3 is 1. The normalized spacial score (nSPS) is 19.1. The van der Waals surface area contributed by atoms with Crippen LogP contribution in [0.5, 0.6) is 0 Å². The van der Waals surface area contributed by atoms with Crippen LogP contribution in [-0.2, 0) is 45.7 Å². The molecule has 1 aromatic carbocycles. The number of nitrogens with zero attached hydrogens (tertiary/aromatic N) is 1. The number of amides is 1. The van der Waals surface area contributed by atoms with Gasteiger partial charge in [-0.3, -0.25) is 18.6 Å². The van der Waals surface area contributed by atoms with Crippen LogP contribution in [0.3, 0.4) is 0 Å². The quantitative estimate of drug-likeness (QED) is 0.0218. The standard InChI is InChI=1S/C47H83N2O10PS/c1-6-7-8-9-10-11-12-13-14-15-16-17-18-20-29-57-36-41(37-59-60(54,55)58-30-28-49(2,3)4)48-47(53)38-61-31-21-19-25-43-44(46(52)34-45(43)51)27-26-42(50)33-39-23-22-24-40(32-39)35-56-5/h22-24,26-27,32,41-44,46,50,52H,6-21,25,28-31,33-38H2,1-5H3,(H-,48,53,54,55)/p+1/b27-26+/t41?,42-,43-,44-,46-/m1/s1. The van der Waals surface area contributed by atoms with E-state index in [0.29, 0.717) is 42.8 Å². The summed E-state index contributed by atoms with van der Waals surface area (Å²) in [5, 5.41) is 24.3. The molecule has 0 bridgehead atoms. The molecule has 352 valence electrons. The number of phosphoric acid groups is 1. The van der Waals surface area contributed by atoms with Gasteiger partial charge in [-0.05, 0) is 36.1 Å². The van der Waals surface area contributed by atoms with Gasteiger partial charge in [0.05, 0.1) is 65.0 Å². The number of likely N-dealkylation sites (N-methyl/N-ethyl adjacent to an activating group) is 1. The van der Waals surface area contributed by atoms with Gasteiger partial charge in [0.2, 0.25) is 5.91 Å².